The van der Waals surface area contributed by atoms with E-state index in [9.17, 15) is 14.4 Å². The summed E-state index contributed by atoms with van der Waals surface area (Å²) in [5, 5.41) is 0. The molecule has 0 aromatic heterocycles. The maximum atomic E-state index is 13.2. The predicted octanol–water partition coefficient (Wildman–Crippen LogP) is 3.49. The van der Waals surface area contributed by atoms with Gasteiger partial charge in [0.25, 0.3) is 0 Å². The van der Waals surface area contributed by atoms with Crippen molar-refractivity contribution in [2.24, 2.45) is 17.3 Å². The number of esters is 2. The van der Waals surface area contributed by atoms with Gasteiger partial charge in [0, 0.05) is 12.3 Å². The summed E-state index contributed by atoms with van der Waals surface area (Å²) in [5.41, 5.74) is -0.639. The second-order valence-electron chi connectivity index (χ2n) is 8.60. The molecule has 154 valence electrons. The fraction of sp³-hybridized carbons (Fsp3) is 0.522. The maximum absolute atomic E-state index is 13.2. The number of rotatable bonds is 3. The van der Waals surface area contributed by atoms with Crippen molar-refractivity contribution in [3.8, 4) is 5.75 Å². The van der Waals surface area contributed by atoms with Crippen molar-refractivity contribution < 1.29 is 28.6 Å². The number of ketones is 1. The van der Waals surface area contributed by atoms with Gasteiger partial charge in [0.1, 0.15) is 28.7 Å². The van der Waals surface area contributed by atoms with Crippen LogP contribution in [-0.4, -0.2) is 36.5 Å². The predicted molar refractivity (Wildman–Crippen MR) is 104 cm³/mol. The molecule has 1 aliphatic heterocycles. The molecule has 0 unspecified atom stereocenters. The minimum atomic E-state index is -1.10. The first-order chi connectivity index (χ1) is 13.7. The number of benzene rings is 1. The van der Waals surface area contributed by atoms with Crippen molar-refractivity contribution in [3.05, 3.63) is 41.5 Å². The van der Waals surface area contributed by atoms with Crippen LogP contribution in [0.1, 0.15) is 50.4 Å². The molecule has 0 bridgehead atoms. The van der Waals surface area contributed by atoms with Gasteiger partial charge < -0.3 is 14.2 Å². The number of ether oxygens (including phenoxy) is 3. The number of methoxy groups -OCH3 is 1. The second-order valence-corrected chi connectivity index (χ2v) is 8.60. The van der Waals surface area contributed by atoms with Crippen molar-refractivity contribution in [3.63, 3.8) is 0 Å². The van der Waals surface area contributed by atoms with Gasteiger partial charge >= 0.3 is 11.9 Å². The fourth-order valence-electron chi connectivity index (χ4n) is 5.25. The summed E-state index contributed by atoms with van der Waals surface area (Å²) < 4.78 is 17.0. The number of Topliss-reactive ketones (excluding diaryl/α,β-unsaturated/α-hetero) is 1. The topological polar surface area (TPSA) is 78.9 Å². The first-order valence-electron chi connectivity index (χ1n) is 10.0. The Hall–Kier alpha value is -2.63. The Kier molecular flexibility index (Phi) is 4.56. The van der Waals surface area contributed by atoms with Crippen LogP contribution in [0.5, 0.6) is 5.75 Å². The molecular weight excluding hydrogens is 372 g/mol. The highest BCUT2D eigenvalue weighted by atomic mass is 16.6. The van der Waals surface area contributed by atoms with Gasteiger partial charge in [-0.1, -0.05) is 12.5 Å². The Morgan fingerprint density at radius 1 is 1.21 bits per heavy atom. The molecule has 0 N–H and O–H groups in total. The fourth-order valence-corrected chi connectivity index (χ4v) is 5.25. The molecule has 29 heavy (non-hydrogen) atoms. The quantitative estimate of drug-likeness (QED) is 0.573. The molecule has 1 saturated carbocycles. The van der Waals surface area contributed by atoms with Crippen LogP contribution in [-0.2, 0) is 19.1 Å². The van der Waals surface area contributed by atoms with E-state index in [1.54, 1.807) is 38.3 Å². The van der Waals surface area contributed by atoms with Crippen molar-refractivity contribution in [1.29, 1.82) is 0 Å². The van der Waals surface area contributed by atoms with E-state index in [1.165, 1.54) is 0 Å². The molecule has 5 atom stereocenters. The third-order valence-electron chi connectivity index (χ3n) is 7.18. The number of allylic oxidation sites excluding steroid dienone is 1. The zero-order valence-electron chi connectivity index (χ0n) is 17.2. The Bertz CT molecular complexity index is 900. The van der Waals surface area contributed by atoms with Crippen LogP contribution in [0, 0.1) is 17.3 Å². The lowest BCUT2D eigenvalue weighted by Crippen LogP contribution is -2.55. The van der Waals surface area contributed by atoms with Crippen LogP contribution in [0.2, 0.25) is 0 Å². The van der Waals surface area contributed by atoms with Gasteiger partial charge in [-0.25, -0.2) is 4.79 Å². The molecule has 2 aliphatic carbocycles. The molecule has 1 spiro atoms. The highest BCUT2D eigenvalue weighted by Gasteiger charge is 2.73. The minimum Gasteiger partial charge on any atom is -0.497 e. The number of hydrogen-bond donors (Lipinski definition) is 0. The smallest absolute Gasteiger partial charge is 0.338 e. The van der Waals surface area contributed by atoms with Gasteiger partial charge in [-0.3, -0.25) is 9.59 Å². The average molecular weight is 398 g/mol. The lowest BCUT2D eigenvalue weighted by atomic mass is 9.67. The lowest BCUT2D eigenvalue weighted by Gasteiger charge is -2.43. The van der Waals surface area contributed by atoms with Crippen molar-refractivity contribution >= 4 is 17.7 Å². The van der Waals surface area contributed by atoms with E-state index < -0.39 is 23.1 Å². The number of hydrogen-bond acceptors (Lipinski definition) is 6. The molecule has 6 nitrogen and oxygen atoms in total. The van der Waals surface area contributed by atoms with Crippen LogP contribution in [0.3, 0.4) is 0 Å². The zero-order chi connectivity index (χ0) is 21.0. The Balaban J connectivity index is 1.71. The molecule has 2 fully saturated rings. The Morgan fingerprint density at radius 2 is 1.90 bits per heavy atom. The normalized spacial score (nSPS) is 35.9. The van der Waals surface area contributed by atoms with Gasteiger partial charge in [-0.2, -0.15) is 0 Å². The molecule has 0 radical (unpaired) electrons. The van der Waals surface area contributed by atoms with E-state index in [-0.39, 0.29) is 30.0 Å². The Morgan fingerprint density at radius 3 is 2.55 bits per heavy atom. The highest BCUT2D eigenvalue weighted by molar-refractivity contribution is 5.95. The molecule has 1 aromatic rings. The average Bonchev–Trinajstić information content (AvgIpc) is 3.04. The summed E-state index contributed by atoms with van der Waals surface area (Å²) >= 11 is 0. The first-order valence-corrected chi connectivity index (χ1v) is 10.0. The van der Waals surface area contributed by atoms with Gasteiger partial charge in [-0.15, -0.1) is 0 Å². The third-order valence-corrected chi connectivity index (χ3v) is 7.18. The molecule has 0 amide bonds. The largest absolute Gasteiger partial charge is 0.497 e. The molecule has 6 heteroatoms. The number of carbonyl (C=O) groups excluding carboxylic acids is 3. The molecule has 3 aliphatic rings. The van der Waals surface area contributed by atoms with Crippen LogP contribution >= 0.6 is 0 Å². The van der Waals surface area contributed by atoms with Crippen LogP contribution in [0.4, 0.5) is 0 Å². The van der Waals surface area contributed by atoms with E-state index in [1.807, 2.05) is 19.9 Å². The van der Waals surface area contributed by atoms with Crippen LogP contribution in [0.15, 0.2) is 35.9 Å². The summed E-state index contributed by atoms with van der Waals surface area (Å²) in [7, 11) is 1.55. The van der Waals surface area contributed by atoms with Crippen molar-refractivity contribution in [2.75, 3.05) is 7.11 Å². The minimum absolute atomic E-state index is 0.0136. The Labute approximate surface area is 170 Å². The SMILES string of the molecule is COc1ccc(C(=O)O[C@H]2C=C(C)CC[C@]34OC(=O)[C@@H](C)[C@H]3CC(=O)[C@]24C)cc1. The zero-order valence-corrected chi connectivity index (χ0v) is 17.2. The van der Waals surface area contributed by atoms with Gasteiger partial charge in [-0.05, 0) is 57.0 Å². The molecule has 1 heterocycles. The van der Waals surface area contributed by atoms with E-state index in [2.05, 4.69) is 0 Å². The van der Waals surface area contributed by atoms with Crippen molar-refractivity contribution in [1.82, 2.24) is 0 Å². The summed E-state index contributed by atoms with van der Waals surface area (Å²) in [5.74, 6) is -0.688. The van der Waals surface area contributed by atoms with E-state index in [0.29, 0.717) is 24.2 Å². The molecule has 4 rings (SSSR count). The van der Waals surface area contributed by atoms with E-state index in [4.69, 9.17) is 14.2 Å². The lowest BCUT2D eigenvalue weighted by molar-refractivity contribution is -0.171. The second kappa shape index (κ2) is 6.71. The van der Waals surface area contributed by atoms with Gasteiger partial charge in [0.05, 0.1) is 18.6 Å². The van der Waals surface area contributed by atoms with E-state index >= 15 is 0 Å². The van der Waals surface area contributed by atoms with Crippen molar-refractivity contribution in [2.45, 2.75) is 51.7 Å². The molecule has 1 saturated heterocycles. The highest BCUT2D eigenvalue weighted by Crippen LogP contribution is 2.62. The summed E-state index contributed by atoms with van der Waals surface area (Å²) in [6, 6.07) is 6.63. The number of carbonyl (C=O) groups is 3. The van der Waals surface area contributed by atoms with Crippen LogP contribution < -0.4 is 4.74 Å². The molecule has 1 aromatic carbocycles. The summed E-state index contributed by atoms with van der Waals surface area (Å²) in [6.07, 6.45) is 2.58. The van der Waals surface area contributed by atoms with Gasteiger partial charge in [0.15, 0.2) is 0 Å². The van der Waals surface area contributed by atoms with Crippen LogP contribution in [0.25, 0.3) is 0 Å². The molecular formula is C23H26O6. The van der Waals surface area contributed by atoms with Gasteiger partial charge in [0.2, 0.25) is 0 Å². The monoisotopic (exact) mass is 398 g/mol. The van der Waals surface area contributed by atoms with E-state index in [0.717, 1.165) is 5.57 Å². The maximum Gasteiger partial charge on any atom is 0.338 e. The summed E-state index contributed by atoms with van der Waals surface area (Å²) in [6.45, 7) is 5.57. The standard InChI is InChI=1S/C23H26O6/c1-13-9-10-23-17(14(2)20(25)29-23)12-18(24)22(23,3)19(11-13)28-21(26)15-5-7-16(27-4)8-6-15/h5-8,11,14,17,19H,9-10,12H2,1-4H3/t14-,17+,19-,22+,23-/m0/s1. The first kappa shape index (κ1) is 19.7. The summed E-state index contributed by atoms with van der Waals surface area (Å²) in [4.78, 5) is 38.5. The third kappa shape index (κ3) is 2.72.